The van der Waals surface area contributed by atoms with E-state index in [0.717, 1.165) is 30.4 Å². The van der Waals surface area contributed by atoms with Gasteiger partial charge >= 0.3 is 18.0 Å². The van der Waals surface area contributed by atoms with Gasteiger partial charge in [0, 0.05) is 31.3 Å². The maximum Gasteiger partial charge on any atom is 0.410 e. The normalized spacial score (nSPS) is 30.5. The van der Waals surface area contributed by atoms with Gasteiger partial charge in [0.1, 0.15) is 18.3 Å². The topological polar surface area (TPSA) is 102 Å². The third-order valence-electron chi connectivity index (χ3n) is 11.4. The summed E-state index contributed by atoms with van der Waals surface area (Å²) in [5.74, 6) is 0.0226. The summed E-state index contributed by atoms with van der Waals surface area (Å²) in [5, 5.41) is 10.2. The van der Waals surface area contributed by atoms with Crippen LogP contribution in [-0.2, 0) is 36.9 Å². The molecule has 9 atom stereocenters. The Hall–Kier alpha value is -3.39. The summed E-state index contributed by atoms with van der Waals surface area (Å²) >= 11 is 0. The van der Waals surface area contributed by atoms with Crippen LogP contribution in [0.4, 0.5) is 4.79 Å². The molecule has 2 aromatic carbocycles. The zero-order valence-electron chi connectivity index (χ0n) is 29.4. The van der Waals surface area contributed by atoms with Crippen LogP contribution in [0.25, 0.3) is 0 Å². The number of carbonyl (C=O) groups is 3. The van der Waals surface area contributed by atoms with Crippen molar-refractivity contribution in [3.8, 4) is 0 Å². The molecular formula is C40H55NO7. The molecule has 48 heavy (non-hydrogen) atoms. The van der Waals surface area contributed by atoms with E-state index in [0.29, 0.717) is 44.7 Å². The van der Waals surface area contributed by atoms with Crippen LogP contribution in [0.1, 0.15) is 97.1 Å². The van der Waals surface area contributed by atoms with Crippen LogP contribution in [0.2, 0.25) is 0 Å². The molecule has 0 bridgehead atoms. The van der Waals surface area contributed by atoms with Gasteiger partial charge in [-0.1, -0.05) is 87.9 Å². The number of esters is 2. The van der Waals surface area contributed by atoms with E-state index in [1.54, 1.807) is 4.90 Å². The predicted octanol–water partition coefficient (Wildman–Crippen LogP) is 7.71. The standard InChI is InChI=1S/C40H55NO7/c1-6-40(4,5)38(44)47-34-21-27(3)37(33-19-17-26(2)32(36(33)34)20-18-31-22-30(42)23-35(43)46-31)48-39(45)41(24-28-13-9-7-10-14-28)25-29-15-11-8-12-16-29/h7-16,26-27,30-34,36-37,42H,6,17-25H2,1-5H3/t26-,27+,30+,31+,32-,33+,34-,36+,37+/m0/s1. The van der Waals surface area contributed by atoms with E-state index in [-0.39, 0.29) is 66.4 Å². The number of fused-ring (bicyclic) bond motifs is 1. The zero-order chi connectivity index (χ0) is 34.4. The predicted molar refractivity (Wildman–Crippen MR) is 183 cm³/mol. The molecule has 262 valence electrons. The molecule has 8 nitrogen and oxygen atoms in total. The van der Waals surface area contributed by atoms with Crippen LogP contribution in [0.5, 0.6) is 0 Å². The summed E-state index contributed by atoms with van der Waals surface area (Å²) in [6.45, 7) is 11.1. The fourth-order valence-corrected chi connectivity index (χ4v) is 8.22. The summed E-state index contributed by atoms with van der Waals surface area (Å²) in [6, 6.07) is 20.0. The highest BCUT2D eigenvalue weighted by atomic mass is 16.6. The van der Waals surface area contributed by atoms with Gasteiger partial charge in [-0.25, -0.2) is 4.79 Å². The van der Waals surface area contributed by atoms with Crippen molar-refractivity contribution in [3.63, 3.8) is 0 Å². The molecule has 2 saturated carbocycles. The lowest BCUT2D eigenvalue weighted by Gasteiger charge is -2.53. The maximum absolute atomic E-state index is 14.2. The van der Waals surface area contributed by atoms with Gasteiger partial charge in [0.15, 0.2) is 0 Å². The van der Waals surface area contributed by atoms with Gasteiger partial charge in [0.2, 0.25) is 0 Å². The van der Waals surface area contributed by atoms with Crippen LogP contribution >= 0.6 is 0 Å². The van der Waals surface area contributed by atoms with E-state index < -0.39 is 11.5 Å². The Morgan fingerprint density at radius 1 is 0.896 bits per heavy atom. The summed E-state index contributed by atoms with van der Waals surface area (Å²) < 4.78 is 18.6. The molecule has 3 aliphatic rings. The van der Waals surface area contributed by atoms with Crippen molar-refractivity contribution in [2.75, 3.05) is 0 Å². The molecule has 1 saturated heterocycles. The fourth-order valence-electron chi connectivity index (χ4n) is 8.22. The number of rotatable bonds is 11. The number of cyclic esters (lactones) is 1. The van der Waals surface area contributed by atoms with Crippen LogP contribution in [0, 0.1) is 35.0 Å². The average molecular weight is 662 g/mol. The van der Waals surface area contributed by atoms with Crippen LogP contribution in [0.3, 0.4) is 0 Å². The molecule has 0 spiro atoms. The summed E-state index contributed by atoms with van der Waals surface area (Å²) in [7, 11) is 0. The largest absolute Gasteiger partial charge is 0.462 e. The van der Waals surface area contributed by atoms with Gasteiger partial charge in [0.25, 0.3) is 0 Å². The van der Waals surface area contributed by atoms with E-state index in [2.05, 4.69) is 13.8 Å². The SMILES string of the molecule is CCC(C)(C)C(=O)O[C@H]1C[C@@H](C)[C@@H](OC(=O)N(Cc2ccccc2)Cc2ccccc2)[C@@H]2CC[C@H](C)[C@H](CC[C@@H]3C[C@@H](O)CC(=O)O3)[C@H]21. The minimum Gasteiger partial charge on any atom is -0.462 e. The zero-order valence-corrected chi connectivity index (χ0v) is 29.4. The number of benzene rings is 2. The first-order valence-corrected chi connectivity index (χ1v) is 18.1. The number of nitrogens with zero attached hydrogens (tertiary/aromatic N) is 1. The number of aliphatic hydroxyl groups excluding tert-OH is 1. The molecule has 2 aromatic rings. The Morgan fingerprint density at radius 2 is 1.52 bits per heavy atom. The smallest absolute Gasteiger partial charge is 0.410 e. The molecule has 0 unspecified atom stereocenters. The number of hydrogen-bond acceptors (Lipinski definition) is 7. The Bertz CT molecular complexity index is 1320. The molecule has 1 amide bonds. The minimum absolute atomic E-state index is 0.000248. The Morgan fingerprint density at radius 3 is 2.10 bits per heavy atom. The highest BCUT2D eigenvalue weighted by Gasteiger charge is 2.53. The second-order valence-corrected chi connectivity index (χ2v) is 15.3. The van der Waals surface area contributed by atoms with Crippen molar-refractivity contribution in [3.05, 3.63) is 71.8 Å². The summed E-state index contributed by atoms with van der Waals surface area (Å²) in [5.41, 5.74) is 1.47. The number of aliphatic hydroxyl groups is 1. The second kappa shape index (κ2) is 15.9. The molecule has 3 fully saturated rings. The molecular weight excluding hydrogens is 606 g/mol. The Kier molecular flexibility index (Phi) is 11.9. The van der Waals surface area contributed by atoms with Crippen molar-refractivity contribution >= 4 is 18.0 Å². The number of ether oxygens (including phenoxy) is 3. The van der Waals surface area contributed by atoms with E-state index in [1.807, 2.05) is 81.4 Å². The average Bonchev–Trinajstić information content (AvgIpc) is 3.06. The lowest BCUT2D eigenvalue weighted by Crippen LogP contribution is -2.55. The lowest BCUT2D eigenvalue weighted by atomic mass is 9.57. The summed E-state index contributed by atoms with van der Waals surface area (Å²) in [6.07, 6.45) is 3.10. The Balaban J connectivity index is 1.40. The molecule has 2 aliphatic carbocycles. The van der Waals surface area contributed by atoms with Gasteiger partial charge in [-0.05, 0) is 74.8 Å². The van der Waals surface area contributed by atoms with E-state index >= 15 is 0 Å². The van der Waals surface area contributed by atoms with Crippen LogP contribution < -0.4 is 0 Å². The molecule has 0 aromatic heterocycles. The second-order valence-electron chi connectivity index (χ2n) is 15.3. The molecule has 1 N–H and O–H groups in total. The van der Waals surface area contributed by atoms with E-state index in [9.17, 15) is 19.5 Å². The van der Waals surface area contributed by atoms with Crippen molar-refractivity contribution in [2.45, 2.75) is 123 Å². The quantitative estimate of drug-likeness (QED) is 0.194. The molecule has 1 aliphatic heterocycles. The van der Waals surface area contributed by atoms with Gasteiger partial charge in [-0.2, -0.15) is 0 Å². The first-order chi connectivity index (χ1) is 22.9. The third-order valence-corrected chi connectivity index (χ3v) is 11.4. The number of carbonyl (C=O) groups excluding carboxylic acids is 3. The van der Waals surface area contributed by atoms with Crippen LogP contribution in [-0.4, -0.2) is 52.5 Å². The fraction of sp³-hybridized carbons (Fsp3) is 0.625. The molecule has 8 heteroatoms. The molecule has 0 radical (unpaired) electrons. The first-order valence-electron chi connectivity index (χ1n) is 18.1. The number of amides is 1. The highest BCUT2D eigenvalue weighted by Crippen LogP contribution is 2.52. The lowest BCUT2D eigenvalue weighted by molar-refractivity contribution is -0.184. The van der Waals surface area contributed by atoms with Crippen molar-refractivity contribution in [2.24, 2.45) is 35.0 Å². The number of hydrogen-bond donors (Lipinski definition) is 1. The van der Waals surface area contributed by atoms with Gasteiger partial charge in [0.05, 0.1) is 17.9 Å². The van der Waals surface area contributed by atoms with Crippen molar-refractivity contribution in [1.29, 1.82) is 0 Å². The first kappa shape index (κ1) is 35.9. The van der Waals surface area contributed by atoms with E-state index in [1.165, 1.54) is 0 Å². The van der Waals surface area contributed by atoms with E-state index in [4.69, 9.17) is 14.2 Å². The van der Waals surface area contributed by atoms with Crippen molar-refractivity contribution in [1.82, 2.24) is 4.90 Å². The van der Waals surface area contributed by atoms with Gasteiger partial charge in [-0.15, -0.1) is 0 Å². The highest BCUT2D eigenvalue weighted by molar-refractivity contribution is 5.76. The third kappa shape index (κ3) is 8.79. The minimum atomic E-state index is -0.674. The van der Waals surface area contributed by atoms with Crippen molar-refractivity contribution < 1.29 is 33.7 Å². The Labute approximate surface area is 286 Å². The van der Waals surface area contributed by atoms with Gasteiger partial charge < -0.3 is 19.3 Å². The maximum atomic E-state index is 14.2. The molecule has 5 rings (SSSR count). The summed E-state index contributed by atoms with van der Waals surface area (Å²) in [4.78, 5) is 41.5. The van der Waals surface area contributed by atoms with Gasteiger partial charge in [-0.3, -0.25) is 14.5 Å². The molecule has 1 heterocycles. The van der Waals surface area contributed by atoms with Crippen LogP contribution in [0.15, 0.2) is 60.7 Å². The monoisotopic (exact) mass is 661 g/mol.